The first kappa shape index (κ1) is 23.7. The molecule has 7 nitrogen and oxygen atoms in total. The van der Waals surface area contributed by atoms with Gasteiger partial charge < -0.3 is 9.59 Å². The van der Waals surface area contributed by atoms with Gasteiger partial charge in [0.25, 0.3) is 0 Å². The van der Waals surface area contributed by atoms with Crippen molar-refractivity contribution < 1.29 is 19.7 Å². The van der Waals surface area contributed by atoms with E-state index in [1.54, 1.807) is 48.5 Å². The van der Waals surface area contributed by atoms with Crippen molar-refractivity contribution in [3.05, 3.63) is 48.5 Å². The number of carbonyl (C=O) groups is 1. The SMILES string of the molecule is CC[N+](CC)(CC)CC([O-])=Nc1ccc(N=Nc2ccc([NH2+]C(=O)CCl)cc2)cc1. The molecule has 0 aliphatic heterocycles. The largest absolute Gasteiger partial charge is 0.858 e. The van der Waals surface area contributed by atoms with Gasteiger partial charge in [0, 0.05) is 18.0 Å². The average molecular weight is 431 g/mol. The number of azo groups is 1. The Morgan fingerprint density at radius 2 is 1.37 bits per heavy atom. The molecule has 0 radical (unpaired) electrons. The third kappa shape index (κ3) is 7.02. The predicted octanol–water partition coefficient (Wildman–Crippen LogP) is 3.33. The van der Waals surface area contributed by atoms with Gasteiger partial charge >= 0.3 is 5.91 Å². The molecule has 0 spiro atoms. The lowest BCUT2D eigenvalue weighted by Crippen LogP contribution is -2.82. The molecule has 0 bridgehead atoms. The second kappa shape index (κ2) is 11.5. The van der Waals surface area contributed by atoms with E-state index in [0.29, 0.717) is 23.6 Å². The highest BCUT2D eigenvalue weighted by atomic mass is 35.5. The molecule has 2 aromatic rings. The van der Waals surface area contributed by atoms with Gasteiger partial charge in [-0.05, 0) is 57.2 Å². The number of nitrogens with two attached hydrogens (primary N) is 1. The summed E-state index contributed by atoms with van der Waals surface area (Å²) in [5.41, 5.74) is 2.72. The van der Waals surface area contributed by atoms with E-state index >= 15 is 0 Å². The van der Waals surface area contributed by atoms with Gasteiger partial charge in [-0.3, -0.25) is 4.99 Å². The van der Waals surface area contributed by atoms with Gasteiger partial charge in [0.2, 0.25) is 0 Å². The van der Waals surface area contributed by atoms with E-state index in [1.807, 2.05) is 0 Å². The van der Waals surface area contributed by atoms with Crippen molar-refractivity contribution in [1.29, 1.82) is 0 Å². The fourth-order valence-corrected chi connectivity index (χ4v) is 3.12. The van der Waals surface area contributed by atoms with E-state index in [1.165, 1.54) is 5.32 Å². The molecule has 0 aromatic heterocycles. The van der Waals surface area contributed by atoms with Crippen LogP contribution < -0.4 is 10.4 Å². The number of alkyl halides is 1. The molecule has 2 N–H and O–H groups in total. The number of hydrogen-bond donors (Lipinski definition) is 1. The van der Waals surface area contributed by atoms with Crippen LogP contribution in [0.15, 0.2) is 63.8 Å². The Hall–Kier alpha value is -2.61. The first-order valence-corrected chi connectivity index (χ1v) is 10.6. The van der Waals surface area contributed by atoms with Gasteiger partial charge in [0.15, 0.2) is 0 Å². The summed E-state index contributed by atoms with van der Waals surface area (Å²) in [5.74, 6) is -0.288. The topological polar surface area (TPSA) is 93.8 Å². The van der Waals surface area contributed by atoms with Crippen molar-refractivity contribution >= 4 is 46.2 Å². The maximum absolute atomic E-state index is 12.4. The summed E-state index contributed by atoms with van der Waals surface area (Å²) in [4.78, 5) is 15.5. The maximum Gasteiger partial charge on any atom is 0.330 e. The van der Waals surface area contributed by atoms with Crippen LogP contribution in [0.3, 0.4) is 0 Å². The Morgan fingerprint density at radius 3 is 1.83 bits per heavy atom. The zero-order valence-electron chi connectivity index (χ0n) is 17.7. The highest BCUT2D eigenvalue weighted by Crippen LogP contribution is 2.22. The van der Waals surface area contributed by atoms with Gasteiger partial charge in [-0.25, -0.2) is 10.1 Å². The number of quaternary nitrogens is 2. The minimum absolute atomic E-state index is 0.0366. The molecule has 30 heavy (non-hydrogen) atoms. The van der Waals surface area contributed by atoms with E-state index in [9.17, 15) is 9.90 Å². The van der Waals surface area contributed by atoms with E-state index < -0.39 is 0 Å². The molecule has 0 heterocycles. The molecule has 0 fully saturated rings. The molecule has 0 unspecified atom stereocenters. The molecule has 0 saturated heterocycles. The number of amides is 1. The van der Waals surface area contributed by atoms with Crippen molar-refractivity contribution in [2.75, 3.05) is 32.1 Å². The number of carbonyl (C=O) groups excluding carboxylic acids is 1. The standard InChI is InChI=1S/C22H28ClN5O2/c1-4-28(5-2,6-3)16-22(30)25-18-9-13-20(14-10-18)27-26-19-11-7-17(8-12-19)24-21(29)15-23/h7-14H,4-6,15-16H2,1-3H3,(H-,24,25,26,27,29,30)/p+1. The first-order chi connectivity index (χ1) is 14.4. The molecule has 8 heteroatoms. The Balaban J connectivity index is 2.01. The molecule has 0 aliphatic rings. The van der Waals surface area contributed by atoms with E-state index in [0.717, 1.165) is 29.8 Å². The molecule has 2 aromatic carbocycles. The zero-order chi connectivity index (χ0) is 22.0. The fraction of sp³-hybridized carbons (Fsp3) is 0.364. The van der Waals surface area contributed by atoms with Crippen LogP contribution in [-0.4, -0.2) is 48.3 Å². The van der Waals surface area contributed by atoms with Crippen LogP contribution >= 0.6 is 11.6 Å². The van der Waals surface area contributed by atoms with Crippen molar-refractivity contribution in [3.63, 3.8) is 0 Å². The maximum atomic E-state index is 12.4. The van der Waals surface area contributed by atoms with Crippen LogP contribution in [0.5, 0.6) is 0 Å². The van der Waals surface area contributed by atoms with Gasteiger partial charge in [0.1, 0.15) is 18.1 Å². The van der Waals surface area contributed by atoms with Crippen LogP contribution in [-0.2, 0) is 4.79 Å². The van der Waals surface area contributed by atoms with Gasteiger partial charge in [-0.1, -0.05) is 0 Å². The number of halogens is 1. The third-order valence-electron chi connectivity index (χ3n) is 5.22. The van der Waals surface area contributed by atoms with E-state index in [-0.39, 0.29) is 17.7 Å². The molecular formula is C22H29ClN5O2+. The summed E-state index contributed by atoms with van der Waals surface area (Å²) in [6.45, 7) is 9.46. The Kier molecular flexibility index (Phi) is 9.11. The highest BCUT2D eigenvalue weighted by molar-refractivity contribution is 6.26. The second-order valence-corrected chi connectivity index (χ2v) is 7.27. The highest BCUT2D eigenvalue weighted by Gasteiger charge is 2.20. The summed E-state index contributed by atoms with van der Waals surface area (Å²) in [7, 11) is 0. The number of hydrogen-bond acceptors (Lipinski definition) is 5. The quantitative estimate of drug-likeness (QED) is 0.156. The van der Waals surface area contributed by atoms with Crippen LogP contribution in [0.2, 0.25) is 0 Å². The molecule has 1 amide bonds. The lowest BCUT2D eigenvalue weighted by Gasteiger charge is -2.37. The minimum Gasteiger partial charge on any atom is -0.858 e. The summed E-state index contributed by atoms with van der Waals surface area (Å²) < 4.78 is 0.741. The van der Waals surface area contributed by atoms with Crippen molar-refractivity contribution in [1.82, 2.24) is 0 Å². The lowest BCUT2D eigenvalue weighted by molar-refractivity contribution is -0.916. The number of likely N-dealkylation sites (N-methyl/N-ethyl adjacent to an activating group) is 1. The smallest absolute Gasteiger partial charge is 0.330 e. The number of benzene rings is 2. The van der Waals surface area contributed by atoms with Crippen molar-refractivity contribution in [2.45, 2.75) is 20.8 Å². The van der Waals surface area contributed by atoms with Crippen LogP contribution in [0.4, 0.5) is 22.7 Å². The predicted molar refractivity (Wildman–Crippen MR) is 118 cm³/mol. The van der Waals surface area contributed by atoms with E-state index in [2.05, 4.69) is 36.0 Å². The number of nitrogens with zero attached hydrogens (tertiary/aromatic N) is 4. The summed E-state index contributed by atoms with van der Waals surface area (Å²) in [6, 6.07) is 14.2. The molecule has 0 aliphatic carbocycles. The summed E-state index contributed by atoms with van der Waals surface area (Å²) in [6.07, 6.45) is 0. The minimum atomic E-state index is -0.140. The number of rotatable bonds is 10. The fourth-order valence-electron chi connectivity index (χ4n) is 3.04. The molecule has 160 valence electrons. The third-order valence-corrected chi connectivity index (χ3v) is 5.48. The van der Waals surface area contributed by atoms with Crippen molar-refractivity contribution in [3.8, 4) is 0 Å². The molecule has 2 rings (SSSR count). The van der Waals surface area contributed by atoms with Crippen LogP contribution in [0.1, 0.15) is 20.8 Å². The zero-order valence-corrected chi connectivity index (χ0v) is 18.5. The summed E-state index contributed by atoms with van der Waals surface area (Å²) >= 11 is 5.50. The number of primary amides is 1. The Morgan fingerprint density at radius 1 is 0.900 bits per heavy atom. The monoisotopic (exact) mass is 430 g/mol. The lowest BCUT2D eigenvalue weighted by atomic mass is 10.3. The average Bonchev–Trinajstić information content (AvgIpc) is 2.78. The first-order valence-electron chi connectivity index (χ1n) is 10.1. The number of aliphatic imine (C=N–C) groups is 1. The van der Waals surface area contributed by atoms with Crippen LogP contribution in [0, 0.1) is 0 Å². The second-order valence-electron chi connectivity index (χ2n) is 7.01. The molecular weight excluding hydrogens is 402 g/mol. The summed E-state index contributed by atoms with van der Waals surface area (Å²) in [5, 5.41) is 22.2. The Bertz CT molecular complexity index is 867. The van der Waals surface area contributed by atoms with Gasteiger partial charge in [-0.2, -0.15) is 10.2 Å². The van der Waals surface area contributed by atoms with Crippen LogP contribution in [0.25, 0.3) is 0 Å². The molecule has 0 saturated carbocycles. The molecule has 0 atom stereocenters. The van der Waals surface area contributed by atoms with Gasteiger partial charge in [-0.15, -0.1) is 11.6 Å². The van der Waals surface area contributed by atoms with Gasteiger partial charge in [0.05, 0.1) is 36.7 Å². The van der Waals surface area contributed by atoms with Crippen molar-refractivity contribution in [2.24, 2.45) is 15.2 Å². The normalized spacial score (nSPS) is 12.5. The Labute approximate surface area is 182 Å². The van der Waals surface area contributed by atoms with E-state index in [4.69, 9.17) is 11.6 Å².